The van der Waals surface area contributed by atoms with Crippen LogP contribution in [-0.2, 0) is 14.3 Å². The minimum atomic E-state index is -0.408. The van der Waals surface area contributed by atoms with Gasteiger partial charge in [0.05, 0.1) is 18.8 Å². The van der Waals surface area contributed by atoms with E-state index in [4.69, 9.17) is 9.47 Å². The number of piperazine rings is 1. The number of β-amino-alcohol motifs (C(OH)–C–C–N with tert-alkyl or cyclic N) is 1. The summed E-state index contributed by atoms with van der Waals surface area (Å²) >= 11 is 0. The Bertz CT molecular complexity index is 337. The molecule has 2 aliphatic rings. The molecule has 0 bridgehead atoms. The van der Waals surface area contributed by atoms with Crippen molar-refractivity contribution >= 4 is 5.91 Å². The summed E-state index contributed by atoms with van der Waals surface area (Å²) in [6.45, 7) is 8.65. The van der Waals surface area contributed by atoms with Crippen molar-refractivity contribution in [1.29, 1.82) is 0 Å². The summed E-state index contributed by atoms with van der Waals surface area (Å²) in [4.78, 5) is 16.4. The molecule has 6 nitrogen and oxygen atoms in total. The summed E-state index contributed by atoms with van der Waals surface area (Å²) in [5.41, 5.74) is 0. The van der Waals surface area contributed by atoms with Crippen LogP contribution in [0.1, 0.15) is 33.1 Å². The van der Waals surface area contributed by atoms with Gasteiger partial charge in [-0.25, -0.2) is 0 Å². The van der Waals surface area contributed by atoms with E-state index in [1.54, 1.807) is 6.92 Å². The second-order valence-corrected chi connectivity index (χ2v) is 6.44. The summed E-state index contributed by atoms with van der Waals surface area (Å²) in [7, 11) is 0. The molecule has 6 heteroatoms. The number of ether oxygens (including phenoxy) is 2. The maximum atomic E-state index is 12.4. The molecule has 1 amide bonds. The van der Waals surface area contributed by atoms with Crippen LogP contribution in [0.15, 0.2) is 0 Å². The van der Waals surface area contributed by atoms with Gasteiger partial charge in [0.25, 0.3) is 5.91 Å². The molecule has 2 rings (SSSR count). The van der Waals surface area contributed by atoms with Gasteiger partial charge < -0.3 is 19.5 Å². The molecule has 2 saturated heterocycles. The number of amides is 1. The zero-order valence-corrected chi connectivity index (χ0v) is 13.9. The fraction of sp³-hybridized carbons (Fsp3) is 0.938. The Morgan fingerprint density at radius 1 is 1.27 bits per heavy atom. The highest BCUT2D eigenvalue weighted by molar-refractivity contribution is 5.80. The van der Waals surface area contributed by atoms with Gasteiger partial charge in [-0.15, -0.1) is 0 Å². The summed E-state index contributed by atoms with van der Waals surface area (Å²) in [6.07, 6.45) is 2.75. The molecule has 3 atom stereocenters. The van der Waals surface area contributed by atoms with Crippen molar-refractivity contribution in [2.45, 2.75) is 51.4 Å². The van der Waals surface area contributed by atoms with Crippen LogP contribution in [0, 0.1) is 0 Å². The Morgan fingerprint density at radius 2 is 2.00 bits per heavy atom. The number of hydrogen-bond acceptors (Lipinski definition) is 5. The Morgan fingerprint density at radius 3 is 2.59 bits per heavy atom. The Hall–Kier alpha value is -0.690. The van der Waals surface area contributed by atoms with E-state index in [9.17, 15) is 9.90 Å². The van der Waals surface area contributed by atoms with Gasteiger partial charge in [-0.05, 0) is 33.1 Å². The van der Waals surface area contributed by atoms with Crippen LogP contribution >= 0.6 is 0 Å². The van der Waals surface area contributed by atoms with Gasteiger partial charge in [-0.3, -0.25) is 9.69 Å². The Kier molecular flexibility index (Phi) is 7.08. The summed E-state index contributed by atoms with van der Waals surface area (Å²) in [5, 5.41) is 9.41. The maximum absolute atomic E-state index is 12.4. The zero-order chi connectivity index (χ0) is 15.9. The van der Waals surface area contributed by atoms with E-state index in [1.165, 1.54) is 6.42 Å². The summed E-state index contributed by atoms with van der Waals surface area (Å²) in [6, 6.07) is 0. The number of aliphatic hydroxyl groups excluding tert-OH is 1. The molecule has 2 heterocycles. The van der Waals surface area contributed by atoms with E-state index >= 15 is 0 Å². The van der Waals surface area contributed by atoms with Crippen LogP contribution < -0.4 is 0 Å². The quantitative estimate of drug-likeness (QED) is 0.773. The standard InChI is InChI=1S/C16H30N2O4/c1-13(19)11-17-6-8-18(9-7-17)16(20)14(2)22-12-15-5-3-4-10-21-15/h13-15,19H,3-12H2,1-2H3/t13-,14+,15+/m0/s1. The number of aliphatic hydroxyl groups is 1. The average Bonchev–Trinajstić information content (AvgIpc) is 2.53. The highest BCUT2D eigenvalue weighted by Crippen LogP contribution is 2.14. The predicted molar refractivity (Wildman–Crippen MR) is 83.7 cm³/mol. The first kappa shape index (κ1) is 17.7. The van der Waals surface area contributed by atoms with Crippen molar-refractivity contribution in [2.75, 3.05) is 45.9 Å². The van der Waals surface area contributed by atoms with Crippen LogP contribution in [0.3, 0.4) is 0 Å². The molecule has 0 aliphatic carbocycles. The van der Waals surface area contributed by atoms with Crippen LogP contribution in [0.5, 0.6) is 0 Å². The van der Waals surface area contributed by atoms with Crippen molar-refractivity contribution in [3.8, 4) is 0 Å². The second-order valence-electron chi connectivity index (χ2n) is 6.44. The van der Waals surface area contributed by atoms with E-state index in [2.05, 4.69) is 4.90 Å². The molecule has 128 valence electrons. The van der Waals surface area contributed by atoms with Gasteiger partial charge in [0.2, 0.25) is 0 Å². The third-order valence-corrected chi connectivity index (χ3v) is 4.36. The molecule has 22 heavy (non-hydrogen) atoms. The molecule has 1 N–H and O–H groups in total. The average molecular weight is 314 g/mol. The minimum Gasteiger partial charge on any atom is -0.392 e. The SMILES string of the molecule is C[C@H](O)CN1CCN(C(=O)[C@@H](C)OC[C@H]2CCCCO2)CC1. The Labute approximate surface area is 133 Å². The molecule has 0 radical (unpaired) electrons. The van der Waals surface area contributed by atoms with Crippen LogP contribution in [0.25, 0.3) is 0 Å². The minimum absolute atomic E-state index is 0.0625. The number of carbonyl (C=O) groups is 1. The molecule has 0 unspecified atom stereocenters. The van der Waals surface area contributed by atoms with E-state index < -0.39 is 6.10 Å². The third kappa shape index (κ3) is 5.50. The van der Waals surface area contributed by atoms with E-state index in [0.717, 1.165) is 32.5 Å². The summed E-state index contributed by atoms with van der Waals surface area (Å²) < 4.78 is 11.3. The first-order valence-electron chi connectivity index (χ1n) is 8.48. The van der Waals surface area contributed by atoms with Crippen LogP contribution in [0.2, 0.25) is 0 Å². The normalized spacial score (nSPS) is 26.7. The molecular weight excluding hydrogens is 284 g/mol. The smallest absolute Gasteiger partial charge is 0.251 e. The largest absolute Gasteiger partial charge is 0.392 e. The van der Waals surface area contributed by atoms with E-state index in [1.807, 2.05) is 11.8 Å². The van der Waals surface area contributed by atoms with Gasteiger partial charge >= 0.3 is 0 Å². The lowest BCUT2D eigenvalue weighted by Gasteiger charge is -2.36. The molecule has 0 saturated carbocycles. The van der Waals surface area contributed by atoms with Gasteiger partial charge in [0, 0.05) is 39.3 Å². The van der Waals surface area contributed by atoms with Gasteiger partial charge in [-0.1, -0.05) is 0 Å². The fourth-order valence-corrected chi connectivity index (χ4v) is 3.04. The number of hydrogen-bond donors (Lipinski definition) is 1. The van der Waals surface area contributed by atoms with Gasteiger partial charge in [0.15, 0.2) is 0 Å². The van der Waals surface area contributed by atoms with Crippen molar-refractivity contribution in [2.24, 2.45) is 0 Å². The van der Waals surface area contributed by atoms with E-state index in [-0.39, 0.29) is 18.1 Å². The highest BCUT2D eigenvalue weighted by atomic mass is 16.5. The van der Waals surface area contributed by atoms with Crippen LogP contribution in [0.4, 0.5) is 0 Å². The predicted octanol–water partition coefficient (Wildman–Crippen LogP) is 0.486. The van der Waals surface area contributed by atoms with Crippen molar-refractivity contribution < 1.29 is 19.4 Å². The third-order valence-electron chi connectivity index (χ3n) is 4.36. The number of nitrogens with zero attached hydrogens (tertiary/aromatic N) is 2. The van der Waals surface area contributed by atoms with Crippen LogP contribution in [-0.4, -0.2) is 85.1 Å². The summed E-state index contributed by atoms with van der Waals surface area (Å²) in [5.74, 6) is 0.0625. The molecule has 0 spiro atoms. The lowest BCUT2D eigenvalue weighted by Crippen LogP contribution is -2.52. The van der Waals surface area contributed by atoms with Gasteiger partial charge in [-0.2, -0.15) is 0 Å². The van der Waals surface area contributed by atoms with Crippen molar-refractivity contribution in [3.05, 3.63) is 0 Å². The molecular formula is C16H30N2O4. The van der Waals surface area contributed by atoms with Crippen molar-refractivity contribution in [1.82, 2.24) is 9.80 Å². The number of carbonyl (C=O) groups excluding carboxylic acids is 1. The first-order valence-corrected chi connectivity index (χ1v) is 8.48. The van der Waals surface area contributed by atoms with Gasteiger partial charge in [0.1, 0.15) is 6.10 Å². The highest BCUT2D eigenvalue weighted by Gasteiger charge is 2.26. The fourth-order valence-electron chi connectivity index (χ4n) is 3.04. The van der Waals surface area contributed by atoms with E-state index in [0.29, 0.717) is 26.2 Å². The zero-order valence-electron chi connectivity index (χ0n) is 13.9. The molecule has 2 aliphatic heterocycles. The number of rotatable bonds is 6. The molecule has 0 aromatic carbocycles. The maximum Gasteiger partial charge on any atom is 0.251 e. The lowest BCUT2D eigenvalue weighted by molar-refractivity contribution is -0.148. The first-order chi connectivity index (χ1) is 10.6. The second kappa shape index (κ2) is 8.82. The monoisotopic (exact) mass is 314 g/mol. The Balaban J connectivity index is 1.67. The molecule has 0 aromatic heterocycles. The lowest BCUT2D eigenvalue weighted by atomic mass is 10.1. The van der Waals surface area contributed by atoms with Crippen molar-refractivity contribution in [3.63, 3.8) is 0 Å². The molecule has 0 aromatic rings. The molecule has 2 fully saturated rings. The topological polar surface area (TPSA) is 62.2 Å².